The van der Waals surface area contributed by atoms with E-state index in [1.165, 1.54) is 28.9 Å². The summed E-state index contributed by atoms with van der Waals surface area (Å²) in [5, 5.41) is 6.99. The molecule has 1 heterocycles. The van der Waals surface area contributed by atoms with Crippen molar-refractivity contribution >= 4 is 5.91 Å². The predicted octanol–water partition coefficient (Wildman–Crippen LogP) is 1.30. The number of aryl methyl sites for hydroxylation is 2. The second-order valence-corrected chi connectivity index (χ2v) is 5.30. The Bertz CT molecular complexity index is 770. The molecular weight excluding hydrogens is 285 g/mol. The molecule has 114 valence electrons. The summed E-state index contributed by atoms with van der Waals surface area (Å²) in [4.78, 5) is 23.8. The van der Waals surface area contributed by atoms with Crippen molar-refractivity contribution < 1.29 is 9.18 Å². The molecule has 0 saturated carbocycles. The highest BCUT2D eigenvalue weighted by atomic mass is 19.1. The van der Waals surface area contributed by atoms with Gasteiger partial charge in [-0.3, -0.25) is 9.59 Å². The molecule has 2 aromatic rings. The molecule has 1 aromatic carbocycles. The minimum atomic E-state index is -0.454. The van der Waals surface area contributed by atoms with Gasteiger partial charge in [0.1, 0.15) is 5.82 Å². The lowest BCUT2D eigenvalue weighted by Crippen LogP contribution is -2.32. The number of nitrogens with zero attached hydrogens (tertiary/aromatic N) is 2. The van der Waals surface area contributed by atoms with Gasteiger partial charge < -0.3 is 5.32 Å². The number of amides is 1. The molecule has 0 unspecified atom stereocenters. The first-order valence-corrected chi connectivity index (χ1v) is 7.27. The van der Waals surface area contributed by atoms with E-state index in [-0.39, 0.29) is 23.6 Å². The molecule has 1 aliphatic rings. The van der Waals surface area contributed by atoms with Crippen LogP contribution in [0.4, 0.5) is 4.39 Å². The van der Waals surface area contributed by atoms with Gasteiger partial charge >= 0.3 is 0 Å². The zero-order valence-corrected chi connectivity index (χ0v) is 12.0. The molecule has 0 radical (unpaired) electrons. The standard InChI is InChI=1S/C16H16FN3O2/c17-13-5-1-4-12(9-13)16(22)18-7-8-20-15(21)10-11-3-2-6-14(11)19-20/h1,4-5,9-10H,2-3,6-8H2,(H,18,22). The maximum absolute atomic E-state index is 13.1. The van der Waals surface area contributed by atoms with E-state index in [4.69, 9.17) is 0 Å². The van der Waals surface area contributed by atoms with E-state index in [0.717, 1.165) is 30.5 Å². The number of fused-ring (bicyclic) bond motifs is 1. The molecule has 1 amide bonds. The molecule has 0 bridgehead atoms. The van der Waals surface area contributed by atoms with E-state index in [0.29, 0.717) is 6.54 Å². The third kappa shape index (κ3) is 3.05. The van der Waals surface area contributed by atoms with Gasteiger partial charge in [0.15, 0.2) is 0 Å². The number of carbonyl (C=O) groups excluding carboxylic acids is 1. The monoisotopic (exact) mass is 301 g/mol. The summed E-state index contributed by atoms with van der Waals surface area (Å²) in [6.45, 7) is 0.564. The summed E-state index contributed by atoms with van der Waals surface area (Å²) in [6, 6.07) is 7.11. The quantitative estimate of drug-likeness (QED) is 0.926. The first-order valence-electron chi connectivity index (χ1n) is 7.27. The molecule has 1 N–H and O–H groups in total. The highest BCUT2D eigenvalue weighted by Crippen LogP contribution is 2.16. The molecule has 0 saturated heterocycles. The molecule has 0 atom stereocenters. The molecule has 0 spiro atoms. The van der Waals surface area contributed by atoms with Crippen molar-refractivity contribution in [1.82, 2.24) is 15.1 Å². The van der Waals surface area contributed by atoms with Gasteiger partial charge in [0.2, 0.25) is 0 Å². The van der Waals surface area contributed by atoms with Crippen LogP contribution < -0.4 is 10.9 Å². The van der Waals surface area contributed by atoms with Crippen molar-refractivity contribution in [2.45, 2.75) is 25.8 Å². The van der Waals surface area contributed by atoms with E-state index in [1.807, 2.05) is 0 Å². The van der Waals surface area contributed by atoms with Gasteiger partial charge in [-0.15, -0.1) is 0 Å². The summed E-state index contributed by atoms with van der Waals surface area (Å²) in [6.07, 6.45) is 2.84. The van der Waals surface area contributed by atoms with Crippen LogP contribution in [0.5, 0.6) is 0 Å². The molecule has 0 fully saturated rings. The normalized spacial score (nSPS) is 13.0. The Balaban J connectivity index is 1.62. The van der Waals surface area contributed by atoms with Gasteiger partial charge in [0.25, 0.3) is 11.5 Å². The van der Waals surface area contributed by atoms with Crippen LogP contribution in [-0.2, 0) is 19.4 Å². The number of benzene rings is 1. The number of hydrogen-bond donors (Lipinski definition) is 1. The zero-order chi connectivity index (χ0) is 15.5. The molecule has 3 rings (SSSR count). The van der Waals surface area contributed by atoms with Crippen LogP contribution in [0.1, 0.15) is 28.0 Å². The molecule has 0 aliphatic heterocycles. The summed E-state index contributed by atoms with van der Waals surface area (Å²) in [7, 11) is 0. The Kier molecular flexibility index (Phi) is 4.00. The maximum atomic E-state index is 13.1. The number of carbonyl (C=O) groups is 1. The summed E-state index contributed by atoms with van der Waals surface area (Å²) >= 11 is 0. The fraction of sp³-hybridized carbons (Fsp3) is 0.312. The third-order valence-electron chi connectivity index (χ3n) is 3.72. The summed E-state index contributed by atoms with van der Waals surface area (Å²) in [5.74, 6) is -0.821. The topological polar surface area (TPSA) is 64.0 Å². The SMILES string of the molecule is O=C(NCCn1nc2c(cc1=O)CCC2)c1cccc(F)c1. The summed E-state index contributed by atoms with van der Waals surface area (Å²) < 4.78 is 14.4. The van der Waals surface area contributed by atoms with Crippen LogP contribution in [0, 0.1) is 5.82 Å². The average Bonchev–Trinajstić information content (AvgIpc) is 2.94. The molecule has 1 aromatic heterocycles. The highest BCUT2D eigenvalue weighted by Gasteiger charge is 2.14. The maximum Gasteiger partial charge on any atom is 0.267 e. The van der Waals surface area contributed by atoms with E-state index in [2.05, 4.69) is 10.4 Å². The Hall–Kier alpha value is -2.50. The Morgan fingerprint density at radius 2 is 2.18 bits per heavy atom. The fourth-order valence-electron chi connectivity index (χ4n) is 2.61. The lowest BCUT2D eigenvalue weighted by molar-refractivity contribution is 0.0951. The zero-order valence-electron chi connectivity index (χ0n) is 12.0. The average molecular weight is 301 g/mol. The van der Waals surface area contributed by atoms with E-state index in [9.17, 15) is 14.0 Å². The molecular formula is C16H16FN3O2. The number of rotatable bonds is 4. The van der Waals surface area contributed by atoms with Gasteiger partial charge in [0.05, 0.1) is 12.2 Å². The van der Waals surface area contributed by atoms with Crippen LogP contribution in [0.2, 0.25) is 0 Å². The van der Waals surface area contributed by atoms with Crippen molar-refractivity contribution in [2.24, 2.45) is 0 Å². The predicted molar refractivity (Wildman–Crippen MR) is 79.3 cm³/mol. The van der Waals surface area contributed by atoms with E-state index < -0.39 is 5.82 Å². The van der Waals surface area contributed by atoms with Gasteiger partial charge in [0, 0.05) is 18.2 Å². The minimum absolute atomic E-state index is 0.152. The van der Waals surface area contributed by atoms with Gasteiger partial charge in [-0.2, -0.15) is 5.10 Å². The minimum Gasteiger partial charge on any atom is -0.350 e. The van der Waals surface area contributed by atoms with Crippen molar-refractivity contribution in [1.29, 1.82) is 0 Å². The second-order valence-electron chi connectivity index (χ2n) is 5.30. The lowest BCUT2D eigenvalue weighted by Gasteiger charge is -2.08. The smallest absolute Gasteiger partial charge is 0.267 e. The van der Waals surface area contributed by atoms with Crippen LogP contribution in [0.15, 0.2) is 35.1 Å². The van der Waals surface area contributed by atoms with Crippen LogP contribution in [0.3, 0.4) is 0 Å². The van der Waals surface area contributed by atoms with Crippen molar-refractivity contribution in [3.8, 4) is 0 Å². The van der Waals surface area contributed by atoms with Crippen molar-refractivity contribution in [3.63, 3.8) is 0 Å². The molecule has 1 aliphatic carbocycles. The largest absolute Gasteiger partial charge is 0.350 e. The van der Waals surface area contributed by atoms with Crippen molar-refractivity contribution in [3.05, 3.63) is 63.3 Å². The van der Waals surface area contributed by atoms with E-state index >= 15 is 0 Å². The Labute approximate surface area is 126 Å². The van der Waals surface area contributed by atoms with Crippen molar-refractivity contribution in [2.75, 3.05) is 6.54 Å². The molecule has 5 nitrogen and oxygen atoms in total. The number of nitrogens with one attached hydrogen (secondary N) is 1. The van der Waals surface area contributed by atoms with E-state index in [1.54, 1.807) is 6.07 Å². The first-order chi connectivity index (χ1) is 10.6. The number of aromatic nitrogens is 2. The Morgan fingerprint density at radius 3 is 3.00 bits per heavy atom. The van der Waals surface area contributed by atoms with Gasteiger partial charge in [-0.1, -0.05) is 6.07 Å². The van der Waals surface area contributed by atoms with Gasteiger partial charge in [-0.05, 0) is 43.0 Å². The third-order valence-corrected chi connectivity index (χ3v) is 3.72. The number of hydrogen-bond acceptors (Lipinski definition) is 3. The molecule has 6 heteroatoms. The van der Waals surface area contributed by atoms with Crippen LogP contribution in [-0.4, -0.2) is 22.2 Å². The first kappa shape index (κ1) is 14.4. The second kappa shape index (κ2) is 6.09. The molecule has 22 heavy (non-hydrogen) atoms. The lowest BCUT2D eigenvalue weighted by atomic mass is 10.2. The fourth-order valence-corrected chi connectivity index (χ4v) is 2.61. The van der Waals surface area contributed by atoms with Crippen LogP contribution >= 0.6 is 0 Å². The summed E-state index contributed by atoms with van der Waals surface area (Å²) in [5.41, 5.74) is 2.11. The van der Waals surface area contributed by atoms with Crippen LogP contribution in [0.25, 0.3) is 0 Å². The highest BCUT2D eigenvalue weighted by molar-refractivity contribution is 5.94. The number of halogens is 1. The van der Waals surface area contributed by atoms with Gasteiger partial charge in [-0.25, -0.2) is 9.07 Å². The Morgan fingerprint density at radius 1 is 1.32 bits per heavy atom.